The van der Waals surface area contributed by atoms with Crippen molar-refractivity contribution in [2.75, 3.05) is 30.5 Å². The molecule has 5 nitrogen and oxygen atoms in total. The number of carbonyl (C=O) groups excluding carboxylic acids is 1. The SMILES string of the molecule is CCCCN(C(=O)Nc1cn(CCOC)c2ccccc12)c1ccccc1. The second kappa shape index (κ2) is 9.24. The predicted octanol–water partition coefficient (Wildman–Crippen LogP) is 5.13. The first-order valence-electron chi connectivity index (χ1n) is 9.45. The second-order valence-corrected chi connectivity index (χ2v) is 6.52. The fourth-order valence-corrected chi connectivity index (χ4v) is 3.18. The van der Waals surface area contributed by atoms with Gasteiger partial charge in [-0.25, -0.2) is 4.79 Å². The van der Waals surface area contributed by atoms with E-state index in [-0.39, 0.29) is 6.03 Å². The summed E-state index contributed by atoms with van der Waals surface area (Å²) in [6.45, 7) is 4.18. The topological polar surface area (TPSA) is 46.5 Å². The van der Waals surface area contributed by atoms with E-state index >= 15 is 0 Å². The molecule has 2 amide bonds. The van der Waals surface area contributed by atoms with Gasteiger partial charge in [-0.2, -0.15) is 0 Å². The molecule has 0 spiro atoms. The van der Waals surface area contributed by atoms with E-state index in [0.29, 0.717) is 13.2 Å². The Morgan fingerprint density at radius 3 is 2.59 bits per heavy atom. The third-order valence-corrected chi connectivity index (χ3v) is 4.61. The van der Waals surface area contributed by atoms with Gasteiger partial charge in [0.15, 0.2) is 0 Å². The standard InChI is InChI=1S/C22H27N3O2/c1-3-4-14-25(18-10-6-5-7-11-18)22(26)23-20-17-24(15-16-27-2)21-13-9-8-12-19(20)21/h5-13,17H,3-4,14-16H2,1-2H3,(H,23,26). The molecule has 0 aliphatic rings. The van der Waals surface area contributed by atoms with Crippen molar-refractivity contribution in [3.63, 3.8) is 0 Å². The summed E-state index contributed by atoms with van der Waals surface area (Å²) in [5, 5.41) is 4.15. The van der Waals surface area contributed by atoms with Crippen LogP contribution in [0.2, 0.25) is 0 Å². The van der Waals surface area contributed by atoms with Crippen LogP contribution in [0.1, 0.15) is 19.8 Å². The summed E-state index contributed by atoms with van der Waals surface area (Å²) in [7, 11) is 1.69. The zero-order valence-corrected chi connectivity index (χ0v) is 16.0. The maximum atomic E-state index is 13.1. The summed E-state index contributed by atoms with van der Waals surface area (Å²) in [4.78, 5) is 14.9. The molecule has 27 heavy (non-hydrogen) atoms. The lowest BCUT2D eigenvalue weighted by Gasteiger charge is -2.23. The molecule has 0 saturated carbocycles. The molecule has 142 valence electrons. The maximum absolute atomic E-state index is 13.1. The van der Waals surface area contributed by atoms with Crippen LogP contribution >= 0.6 is 0 Å². The molecular formula is C22H27N3O2. The van der Waals surface area contributed by atoms with E-state index in [1.54, 1.807) is 7.11 Å². The van der Waals surface area contributed by atoms with E-state index in [0.717, 1.165) is 41.7 Å². The van der Waals surface area contributed by atoms with E-state index in [1.807, 2.05) is 59.6 Å². The Balaban J connectivity index is 1.87. The Bertz CT molecular complexity index is 874. The van der Waals surface area contributed by atoms with Gasteiger partial charge in [0, 0.05) is 37.5 Å². The molecule has 2 aromatic carbocycles. The molecule has 0 aliphatic carbocycles. The maximum Gasteiger partial charge on any atom is 0.326 e. The van der Waals surface area contributed by atoms with Crippen LogP contribution in [0.5, 0.6) is 0 Å². The minimum absolute atomic E-state index is 0.107. The molecule has 0 radical (unpaired) electrons. The number of nitrogens with zero attached hydrogens (tertiary/aromatic N) is 2. The van der Waals surface area contributed by atoms with Gasteiger partial charge in [0.25, 0.3) is 0 Å². The van der Waals surface area contributed by atoms with E-state index in [4.69, 9.17) is 4.74 Å². The fourth-order valence-electron chi connectivity index (χ4n) is 3.18. The van der Waals surface area contributed by atoms with Crippen LogP contribution in [0.25, 0.3) is 10.9 Å². The summed E-state index contributed by atoms with van der Waals surface area (Å²) in [6, 6.07) is 17.8. The highest BCUT2D eigenvalue weighted by atomic mass is 16.5. The molecule has 0 unspecified atom stereocenters. The third kappa shape index (κ3) is 4.49. The van der Waals surface area contributed by atoms with Crippen LogP contribution in [-0.4, -0.2) is 30.9 Å². The molecule has 1 N–H and O–H groups in total. The minimum atomic E-state index is -0.107. The average molecular weight is 365 g/mol. The van der Waals surface area contributed by atoms with Crippen molar-refractivity contribution >= 4 is 28.3 Å². The monoisotopic (exact) mass is 365 g/mol. The molecule has 3 rings (SSSR count). The summed E-state index contributed by atoms with van der Waals surface area (Å²) >= 11 is 0. The molecule has 0 aliphatic heterocycles. The molecule has 1 heterocycles. The number of hydrogen-bond donors (Lipinski definition) is 1. The number of hydrogen-bond acceptors (Lipinski definition) is 2. The van der Waals surface area contributed by atoms with Crippen molar-refractivity contribution in [3.8, 4) is 0 Å². The number of ether oxygens (including phenoxy) is 1. The van der Waals surface area contributed by atoms with Crippen molar-refractivity contribution in [1.29, 1.82) is 0 Å². The zero-order chi connectivity index (χ0) is 19.1. The average Bonchev–Trinajstić information content (AvgIpc) is 3.05. The van der Waals surface area contributed by atoms with Crippen LogP contribution < -0.4 is 10.2 Å². The third-order valence-electron chi connectivity index (χ3n) is 4.61. The summed E-state index contributed by atoms with van der Waals surface area (Å²) in [5.41, 5.74) is 2.82. The molecule has 0 fully saturated rings. The Morgan fingerprint density at radius 1 is 1.11 bits per heavy atom. The number of para-hydroxylation sites is 2. The van der Waals surface area contributed by atoms with Crippen LogP contribution in [0.4, 0.5) is 16.2 Å². The van der Waals surface area contributed by atoms with Crippen LogP contribution in [0.15, 0.2) is 60.8 Å². The summed E-state index contributed by atoms with van der Waals surface area (Å²) < 4.78 is 7.33. The van der Waals surface area contributed by atoms with Gasteiger partial charge in [-0.3, -0.25) is 4.90 Å². The number of carbonyl (C=O) groups is 1. The zero-order valence-electron chi connectivity index (χ0n) is 16.0. The summed E-state index contributed by atoms with van der Waals surface area (Å²) in [6.07, 6.45) is 3.98. The van der Waals surface area contributed by atoms with E-state index in [1.165, 1.54) is 0 Å². The molecular weight excluding hydrogens is 338 g/mol. The lowest BCUT2D eigenvalue weighted by atomic mass is 10.2. The first kappa shape index (κ1) is 19.0. The van der Waals surface area contributed by atoms with Gasteiger partial charge in [0.1, 0.15) is 0 Å². The highest BCUT2D eigenvalue weighted by Crippen LogP contribution is 2.27. The van der Waals surface area contributed by atoms with E-state index in [2.05, 4.69) is 22.9 Å². The number of benzene rings is 2. The Morgan fingerprint density at radius 2 is 1.85 bits per heavy atom. The van der Waals surface area contributed by atoms with Crippen molar-refractivity contribution in [2.24, 2.45) is 0 Å². The quantitative estimate of drug-likeness (QED) is 0.602. The number of nitrogens with one attached hydrogen (secondary N) is 1. The van der Waals surface area contributed by atoms with Gasteiger partial charge in [0.05, 0.1) is 17.8 Å². The van der Waals surface area contributed by atoms with Crippen molar-refractivity contribution < 1.29 is 9.53 Å². The lowest BCUT2D eigenvalue weighted by molar-refractivity contribution is 0.188. The number of amides is 2. The van der Waals surface area contributed by atoms with Gasteiger partial charge in [0.2, 0.25) is 0 Å². The highest BCUT2D eigenvalue weighted by molar-refractivity contribution is 6.07. The van der Waals surface area contributed by atoms with Crippen molar-refractivity contribution in [3.05, 3.63) is 60.8 Å². The predicted molar refractivity (Wildman–Crippen MR) is 112 cm³/mol. The Labute approximate surface area is 160 Å². The first-order valence-corrected chi connectivity index (χ1v) is 9.45. The second-order valence-electron chi connectivity index (χ2n) is 6.52. The highest BCUT2D eigenvalue weighted by Gasteiger charge is 2.17. The van der Waals surface area contributed by atoms with Gasteiger partial charge in [-0.1, -0.05) is 49.7 Å². The molecule has 0 atom stereocenters. The Kier molecular flexibility index (Phi) is 6.49. The van der Waals surface area contributed by atoms with Gasteiger partial charge in [-0.05, 0) is 24.6 Å². The Hall–Kier alpha value is -2.79. The van der Waals surface area contributed by atoms with E-state index in [9.17, 15) is 4.79 Å². The number of rotatable bonds is 8. The van der Waals surface area contributed by atoms with Crippen LogP contribution in [-0.2, 0) is 11.3 Å². The van der Waals surface area contributed by atoms with Crippen LogP contribution in [0.3, 0.4) is 0 Å². The van der Waals surface area contributed by atoms with Gasteiger partial charge in [-0.15, -0.1) is 0 Å². The van der Waals surface area contributed by atoms with Gasteiger partial charge < -0.3 is 14.6 Å². The molecule has 0 bridgehead atoms. The number of fused-ring (bicyclic) bond motifs is 1. The largest absolute Gasteiger partial charge is 0.383 e. The molecule has 0 saturated heterocycles. The smallest absolute Gasteiger partial charge is 0.326 e. The van der Waals surface area contributed by atoms with Crippen molar-refractivity contribution in [1.82, 2.24) is 4.57 Å². The number of urea groups is 1. The minimum Gasteiger partial charge on any atom is -0.383 e. The number of aromatic nitrogens is 1. The van der Waals surface area contributed by atoms with Crippen molar-refractivity contribution in [2.45, 2.75) is 26.3 Å². The number of anilines is 2. The van der Waals surface area contributed by atoms with Crippen LogP contribution in [0, 0.1) is 0 Å². The normalized spacial score (nSPS) is 10.9. The lowest BCUT2D eigenvalue weighted by Crippen LogP contribution is -2.35. The fraction of sp³-hybridized carbons (Fsp3) is 0.318. The number of unbranched alkanes of at least 4 members (excludes halogenated alkanes) is 1. The molecule has 3 aromatic rings. The van der Waals surface area contributed by atoms with E-state index < -0.39 is 0 Å². The molecule has 5 heteroatoms. The number of methoxy groups -OCH3 is 1. The molecule has 1 aromatic heterocycles. The summed E-state index contributed by atoms with van der Waals surface area (Å²) in [5.74, 6) is 0. The van der Waals surface area contributed by atoms with Gasteiger partial charge >= 0.3 is 6.03 Å². The first-order chi connectivity index (χ1) is 13.2.